The Morgan fingerprint density at radius 1 is 0.929 bits per heavy atom. The topological polar surface area (TPSA) is 69.9 Å². The highest BCUT2D eigenvalue weighted by Gasteiger charge is 2.46. The third kappa shape index (κ3) is 2.08. The van der Waals surface area contributed by atoms with E-state index >= 15 is 0 Å². The first-order chi connectivity index (χ1) is 6.25. The smallest absolute Gasteiger partial charge is 0.111 e. The molecule has 0 radical (unpaired) electrons. The van der Waals surface area contributed by atoms with E-state index in [0.29, 0.717) is 0 Å². The van der Waals surface area contributed by atoms with E-state index in [4.69, 9.17) is 4.74 Å². The Morgan fingerprint density at radius 3 is 1.86 bits per heavy atom. The molecule has 0 spiro atoms. The summed E-state index contributed by atoms with van der Waals surface area (Å²) in [7, 11) is 0. The lowest BCUT2D eigenvalue weighted by Gasteiger charge is -2.44. The molecule has 4 heteroatoms. The van der Waals surface area contributed by atoms with Crippen LogP contribution in [-0.2, 0) is 4.74 Å². The van der Waals surface area contributed by atoms with Crippen molar-refractivity contribution in [1.29, 1.82) is 0 Å². The Kier molecular flexibility index (Phi) is 3.21. The molecule has 2 unspecified atom stereocenters. The van der Waals surface area contributed by atoms with Gasteiger partial charge < -0.3 is 20.1 Å². The van der Waals surface area contributed by atoms with Crippen LogP contribution in [-0.4, -0.2) is 45.8 Å². The maximum absolute atomic E-state index is 9.73. The van der Waals surface area contributed by atoms with Crippen LogP contribution in [0.4, 0.5) is 0 Å². The van der Waals surface area contributed by atoms with Gasteiger partial charge in [-0.05, 0) is 12.3 Å². The molecule has 0 saturated carbocycles. The van der Waals surface area contributed by atoms with E-state index in [2.05, 4.69) is 0 Å². The minimum atomic E-state index is -1.12. The third-order valence-corrected chi connectivity index (χ3v) is 2.71. The molecule has 0 aromatic carbocycles. The molecular weight excluding hydrogens is 184 g/mol. The van der Waals surface area contributed by atoms with Crippen LogP contribution in [0.1, 0.15) is 27.7 Å². The lowest BCUT2D eigenvalue weighted by molar-refractivity contribution is -0.239. The van der Waals surface area contributed by atoms with Gasteiger partial charge in [0.1, 0.15) is 18.3 Å². The van der Waals surface area contributed by atoms with Crippen LogP contribution in [0.25, 0.3) is 0 Å². The van der Waals surface area contributed by atoms with Crippen LogP contribution >= 0.6 is 0 Å². The van der Waals surface area contributed by atoms with Gasteiger partial charge in [-0.25, -0.2) is 0 Å². The maximum atomic E-state index is 9.73. The molecule has 4 nitrogen and oxygen atoms in total. The van der Waals surface area contributed by atoms with E-state index in [1.807, 2.05) is 20.8 Å². The van der Waals surface area contributed by atoms with Crippen LogP contribution in [0.3, 0.4) is 0 Å². The highest BCUT2D eigenvalue weighted by Crippen LogP contribution is 2.32. The van der Waals surface area contributed by atoms with Crippen LogP contribution in [0.5, 0.6) is 0 Å². The molecule has 84 valence electrons. The predicted molar refractivity (Wildman–Crippen MR) is 51.8 cm³/mol. The van der Waals surface area contributed by atoms with Gasteiger partial charge in [0, 0.05) is 0 Å². The zero-order chi connectivity index (χ0) is 11.1. The van der Waals surface area contributed by atoms with E-state index in [1.165, 1.54) is 0 Å². The molecule has 14 heavy (non-hydrogen) atoms. The molecule has 1 saturated heterocycles. The fourth-order valence-electron chi connectivity index (χ4n) is 1.77. The van der Waals surface area contributed by atoms with Crippen molar-refractivity contribution in [1.82, 2.24) is 0 Å². The van der Waals surface area contributed by atoms with Gasteiger partial charge in [-0.15, -0.1) is 0 Å². The number of aliphatic hydroxyl groups excluding tert-OH is 3. The summed E-state index contributed by atoms with van der Waals surface area (Å²) in [6.07, 6.45) is -4.05. The second-order valence-electron chi connectivity index (χ2n) is 5.10. The molecule has 1 rings (SSSR count). The zero-order valence-corrected chi connectivity index (χ0v) is 9.14. The van der Waals surface area contributed by atoms with Crippen molar-refractivity contribution >= 4 is 0 Å². The second-order valence-corrected chi connectivity index (χ2v) is 5.10. The SMILES string of the molecule is CC1O[C@@H](C(C)(C)C)[C@@H](O)C(O)[C@@H]1O. The largest absolute Gasteiger partial charge is 0.388 e. The van der Waals surface area contributed by atoms with Gasteiger partial charge in [-0.2, -0.15) is 0 Å². The average molecular weight is 204 g/mol. The third-order valence-electron chi connectivity index (χ3n) is 2.71. The monoisotopic (exact) mass is 204 g/mol. The molecule has 3 N–H and O–H groups in total. The minimum Gasteiger partial charge on any atom is -0.388 e. The van der Waals surface area contributed by atoms with Crippen LogP contribution in [0.2, 0.25) is 0 Å². The predicted octanol–water partition coefficient (Wildman–Crippen LogP) is -0.0975. The van der Waals surface area contributed by atoms with Crippen LogP contribution in [0.15, 0.2) is 0 Å². The van der Waals surface area contributed by atoms with Crippen LogP contribution < -0.4 is 0 Å². The molecule has 1 aliphatic rings. The van der Waals surface area contributed by atoms with Crippen molar-refractivity contribution in [2.75, 3.05) is 0 Å². The van der Waals surface area contributed by atoms with Gasteiger partial charge in [0.05, 0.1) is 12.2 Å². The zero-order valence-electron chi connectivity index (χ0n) is 9.14. The lowest BCUT2D eigenvalue weighted by Crippen LogP contribution is -2.59. The van der Waals surface area contributed by atoms with E-state index in [0.717, 1.165) is 0 Å². The van der Waals surface area contributed by atoms with Gasteiger partial charge in [-0.1, -0.05) is 20.8 Å². The van der Waals surface area contributed by atoms with Crippen LogP contribution in [0, 0.1) is 5.41 Å². The number of aliphatic hydroxyl groups is 3. The van der Waals surface area contributed by atoms with Crippen molar-refractivity contribution < 1.29 is 20.1 Å². The molecule has 5 atom stereocenters. The Balaban J connectivity index is 2.81. The molecule has 0 bridgehead atoms. The normalized spacial score (nSPS) is 45.2. The maximum Gasteiger partial charge on any atom is 0.111 e. The summed E-state index contributed by atoms with van der Waals surface area (Å²) in [6.45, 7) is 7.48. The standard InChI is InChI=1S/C10H20O4/c1-5-6(11)7(12)8(13)9(14-5)10(2,3)4/h5-9,11-13H,1-4H3/t5?,6-,7?,8+,9-/m1/s1. The Hall–Kier alpha value is -0.160. The molecular formula is C10H20O4. The fraction of sp³-hybridized carbons (Fsp3) is 1.00. The summed E-state index contributed by atoms with van der Waals surface area (Å²) < 4.78 is 5.49. The Labute approximate surface area is 84.5 Å². The number of rotatable bonds is 0. The van der Waals surface area contributed by atoms with E-state index < -0.39 is 30.5 Å². The van der Waals surface area contributed by atoms with Crippen molar-refractivity contribution in [2.45, 2.75) is 58.2 Å². The second kappa shape index (κ2) is 3.77. The summed E-state index contributed by atoms with van der Waals surface area (Å²) in [6, 6.07) is 0. The number of hydrogen-bond donors (Lipinski definition) is 3. The summed E-state index contributed by atoms with van der Waals surface area (Å²) in [5.74, 6) is 0. The first-order valence-electron chi connectivity index (χ1n) is 4.95. The highest BCUT2D eigenvalue weighted by atomic mass is 16.5. The summed E-state index contributed by atoms with van der Waals surface area (Å²) in [4.78, 5) is 0. The average Bonchev–Trinajstić information content (AvgIpc) is 2.06. The van der Waals surface area contributed by atoms with Gasteiger partial charge in [0.25, 0.3) is 0 Å². The van der Waals surface area contributed by atoms with Gasteiger partial charge >= 0.3 is 0 Å². The van der Waals surface area contributed by atoms with Gasteiger partial charge in [0.15, 0.2) is 0 Å². The Morgan fingerprint density at radius 2 is 1.43 bits per heavy atom. The summed E-state index contributed by atoms with van der Waals surface area (Å²) >= 11 is 0. The minimum absolute atomic E-state index is 0.255. The summed E-state index contributed by atoms with van der Waals surface area (Å²) in [5, 5.41) is 28.8. The molecule has 0 aromatic heterocycles. The molecule has 1 heterocycles. The molecule has 0 aromatic rings. The Bertz CT molecular complexity index is 199. The first-order valence-corrected chi connectivity index (χ1v) is 4.95. The fourth-order valence-corrected chi connectivity index (χ4v) is 1.77. The van der Waals surface area contributed by atoms with Crippen molar-refractivity contribution in [3.05, 3.63) is 0 Å². The van der Waals surface area contributed by atoms with E-state index in [-0.39, 0.29) is 5.41 Å². The molecule has 0 aliphatic carbocycles. The molecule has 1 aliphatic heterocycles. The molecule has 1 fully saturated rings. The molecule has 0 amide bonds. The van der Waals surface area contributed by atoms with Crippen molar-refractivity contribution in [2.24, 2.45) is 5.41 Å². The van der Waals surface area contributed by atoms with Crippen molar-refractivity contribution in [3.63, 3.8) is 0 Å². The van der Waals surface area contributed by atoms with Gasteiger partial charge in [0.2, 0.25) is 0 Å². The quantitative estimate of drug-likeness (QED) is 0.515. The van der Waals surface area contributed by atoms with E-state index in [1.54, 1.807) is 6.92 Å². The van der Waals surface area contributed by atoms with E-state index in [9.17, 15) is 15.3 Å². The first kappa shape index (κ1) is 11.9. The highest BCUT2D eigenvalue weighted by molar-refractivity contribution is 4.95. The van der Waals surface area contributed by atoms with Crippen molar-refractivity contribution in [3.8, 4) is 0 Å². The number of ether oxygens (including phenoxy) is 1. The lowest BCUT2D eigenvalue weighted by atomic mass is 9.80. The number of hydrogen-bond acceptors (Lipinski definition) is 4. The van der Waals surface area contributed by atoms with Gasteiger partial charge in [-0.3, -0.25) is 0 Å². The summed E-state index contributed by atoms with van der Waals surface area (Å²) in [5.41, 5.74) is -0.255.